The predicted octanol–water partition coefficient (Wildman–Crippen LogP) is 3.41. The van der Waals surface area contributed by atoms with Crippen LogP contribution >= 0.6 is 0 Å². The van der Waals surface area contributed by atoms with Crippen LogP contribution in [-0.2, 0) is 12.8 Å². The van der Waals surface area contributed by atoms with Crippen LogP contribution in [-0.4, -0.2) is 6.54 Å². The van der Waals surface area contributed by atoms with Crippen LogP contribution in [0.3, 0.4) is 0 Å². The average Bonchev–Trinajstić information content (AvgIpc) is 2.99. The van der Waals surface area contributed by atoms with Gasteiger partial charge in [-0.05, 0) is 43.0 Å². The van der Waals surface area contributed by atoms with Crippen molar-refractivity contribution in [3.8, 4) is 0 Å². The highest BCUT2D eigenvalue weighted by Gasteiger charge is 2.21. The third kappa shape index (κ3) is 2.34. The zero-order chi connectivity index (χ0) is 12.4. The SMILES string of the molecule is Cc1ccc2c(c1)C(NCCc1ccco1)CC2. The third-order valence-corrected chi connectivity index (χ3v) is 3.72. The summed E-state index contributed by atoms with van der Waals surface area (Å²) in [6.07, 6.45) is 5.12. The van der Waals surface area contributed by atoms with Crippen LogP contribution in [0.4, 0.5) is 0 Å². The fourth-order valence-corrected chi connectivity index (χ4v) is 2.76. The highest BCUT2D eigenvalue weighted by Crippen LogP contribution is 2.31. The number of furan rings is 1. The van der Waals surface area contributed by atoms with Gasteiger partial charge in [-0.25, -0.2) is 0 Å². The molecule has 1 aromatic heterocycles. The van der Waals surface area contributed by atoms with E-state index in [9.17, 15) is 0 Å². The highest BCUT2D eigenvalue weighted by molar-refractivity contribution is 5.37. The Morgan fingerprint density at radius 3 is 3.11 bits per heavy atom. The smallest absolute Gasteiger partial charge is 0.105 e. The van der Waals surface area contributed by atoms with Crippen molar-refractivity contribution < 1.29 is 4.42 Å². The summed E-state index contributed by atoms with van der Waals surface area (Å²) in [7, 11) is 0. The minimum atomic E-state index is 0.523. The van der Waals surface area contributed by atoms with Crippen molar-refractivity contribution in [1.82, 2.24) is 5.32 Å². The Morgan fingerprint density at radius 1 is 1.33 bits per heavy atom. The molecule has 18 heavy (non-hydrogen) atoms. The van der Waals surface area contributed by atoms with E-state index in [0.717, 1.165) is 18.7 Å². The number of nitrogens with one attached hydrogen (secondary N) is 1. The molecule has 1 unspecified atom stereocenters. The van der Waals surface area contributed by atoms with Crippen molar-refractivity contribution in [1.29, 1.82) is 0 Å². The van der Waals surface area contributed by atoms with Crippen LogP contribution in [0.15, 0.2) is 41.0 Å². The molecule has 0 fully saturated rings. The van der Waals surface area contributed by atoms with Crippen molar-refractivity contribution in [3.63, 3.8) is 0 Å². The van der Waals surface area contributed by atoms with E-state index in [1.807, 2.05) is 12.1 Å². The Labute approximate surface area is 108 Å². The first kappa shape index (κ1) is 11.5. The van der Waals surface area contributed by atoms with Crippen molar-refractivity contribution in [2.75, 3.05) is 6.54 Å². The first-order chi connectivity index (χ1) is 8.83. The molecule has 3 rings (SSSR count). The Morgan fingerprint density at radius 2 is 2.28 bits per heavy atom. The number of aryl methyl sites for hydroxylation is 2. The standard InChI is InChI=1S/C16H19NO/c1-12-4-5-13-6-7-16(15(13)11-12)17-9-8-14-3-2-10-18-14/h2-5,10-11,16-17H,6-9H2,1H3. The second-order valence-corrected chi connectivity index (χ2v) is 5.08. The molecule has 2 nitrogen and oxygen atoms in total. The van der Waals surface area contributed by atoms with E-state index < -0.39 is 0 Å². The summed E-state index contributed by atoms with van der Waals surface area (Å²) in [6.45, 7) is 3.14. The van der Waals surface area contributed by atoms with Gasteiger partial charge in [0, 0.05) is 19.0 Å². The molecule has 0 radical (unpaired) electrons. The minimum absolute atomic E-state index is 0.523. The summed E-state index contributed by atoms with van der Waals surface area (Å²) in [4.78, 5) is 0. The summed E-state index contributed by atoms with van der Waals surface area (Å²) >= 11 is 0. The fraction of sp³-hybridized carbons (Fsp3) is 0.375. The van der Waals surface area contributed by atoms with Crippen molar-refractivity contribution in [2.45, 2.75) is 32.2 Å². The van der Waals surface area contributed by atoms with E-state index in [1.165, 1.54) is 29.5 Å². The molecule has 0 spiro atoms. The molecule has 0 bridgehead atoms. The minimum Gasteiger partial charge on any atom is -0.469 e. The maximum absolute atomic E-state index is 5.35. The lowest BCUT2D eigenvalue weighted by molar-refractivity contribution is 0.476. The molecule has 0 aliphatic heterocycles. The lowest BCUT2D eigenvalue weighted by Gasteiger charge is -2.14. The Balaban J connectivity index is 1.61. The van der Waals surface area contributed by atoms with Gasteiger partial charge in [0.2, 0.25) is 0 Å². The third-order valence-electron chi connectivity index (χ3n) is 3.72. The number of hydrogen-bond donors (Lipinski definition) is 1. The summed E-state index contributed by atoms with van der Waals surface area (Å²) in [5, 5.41) is 3.64. The number of hydrogen-bond acceptors (Lipinski definition) is 2. The van der Waals surface area contributed by atoms with Crippen LogP contribution < -0.4 is 5.32 Å². The van der Waals surface area contributed by atoms with Gasteiger partial charge in [-0.3, -0.25) is 0 Å². The predicted molar refractivity (Wildman–Crippen MR) is 72.7 cm³/mol. The molecular formula is C16H19NO. The molecule has 2 heteroatoms. The van der Waals surface area contributed by atoms with Gasteiger partial charge < -0.3 is 9.73 Å². The summed E-state index contributed by atoms with van der Waals surface area (Å²) in [6, 6.07) is 11.3. The normalized spacial score (nSPS) is 17.9. The maximum Gasteiger partial charge on any atom is 0.105 e. The van der Waals surface area contributed by atoms with Crippen LogP contribution in [0.1, 0.15) is 34.9 Å². The summed E-state index contributed by atoms with van der Waals surface area (Å²) in [5.74, 6) is 1.06. The number of benzene rings is 1. The molecule has 2 aromatic rings. The van der Waals surface area contributed by atoms with Crippen molar-refractivity contribution >= 4 is 0 Å². The fourth-order valence-electron chi connectivity index (χ4n) is 2.76. The maximum atomic E-state index is 5.35. The first-order valence-electron chi connectivity index (χ1n) is 6.68. The van der Waals surface area contributed by atoms with Gasteiger partial charge >= 0.3 is 0 Å². The summed E-state index contributed by atoms with van der Waals surface area (Å²) in [5.41, 5.74) is 4.36. The highest BCUT2D eigenvalue weighted by atomic mass is 16.3. The molecule has 1 N–H and O–H groups in total. The van der Waals surface area contributed by atoms with E-state index in [-0.39, 0.29) is 0 Å². The van der Waals surface area contributed by atoms with Crippen molar-refractivity contribution in [2.24, 2.45) is 0 Å². The Bertz CT molecular complexity index is 516. The molecule has 0 saturated carbocycles. The van der Waals surface area contributed by atoms with Gasteiger partial charge in [-0.2, -0.15) is 0 Å². The number of fused-ring (bicyclic) bond motifs is 1. The first-order valence-corrected chi connectivity index (χ1v) is 6.68. The molecule has 0 amide bonds. The summed E-state index contributed by atoms with van der Waals surface area (Å²) < 4.78 is 5.35. The van der Waals surface area contributed by atoms with Crippen LogP contribution in [0.5, 0.6) is 0 Å². The van der Waals surface area contributed by atoms with E-state index in [0.29, 0.717) is 6.04 Å². The molecule has 1 atom stereocenters. The molecule has 94 valence electrons. The van der Waals surface area contributed by atoms with Crippen LogP contribution in [0, 0.1) is 6.92 Å². The van der Waals surface area contributed by atoms with Gasteiger partial charge in [0.1, 0.15) is 5.76 Å². The van der Waals surface area contributed by atoms with Gasteiger partial charge in [-0.15, -0.1) is 0 Å². The molecule has 1 aromatic carbocycles. The zero-order valence-electron chi connectivity index (χ0n) is 10.8. The Hall–Kier alpha value is -1.54. The topological polar surface area (TPSA) is 25.2 Å². The second-order valence-electron chi connectivity index (χ2n) is 5.08. The monoisotopic (exact) mass is 241 g/mol. The van der Waals surface area contributed by atoms with Gasteiger partial charge in [0.15, 0.2) is 0 Å². The van der Waals surface area contributed by atoms with Crippen molar-refractivity contribution in [3.05, 3.63) is 59.0 Å². The van der Waals surface area contributed by atoms with Crippen LogP contribution in [0.25, 0.3) is 0 Å². The van der Waals surface area contributed by atoms with E-state index >= 15 is 0 Å². The molecule has 1 heterocycles. The lowest BCUT2D eigenvalue weighted by Crippen LogP contribution is -2.21. The van der Waals surface area contributed by atoms with Gasteiger partial charge in [-0.1, -0.05) is 23.8 Å². The molecule has 0 saturated heterocycles. The lowest BCUT2D eigenvalue weighted by atomic mass is 10.1. The average molecular weight is 241 g/mol. The quantitative estimate of drug-likeness (QED) is 0.887. The number of rotatable bonds is 4. The second kappa shape index (κ2) is 4.99. The van der Waals surface area contributed by atoms with E-state index in [4.69, 9.17) is 4.42 Å². The van der Waals surface area contributed by atoms with E-state index in [2.05, 4.69) is 30.4 Å². The van der Waals surface area contributed by atoms with Crippen LogP contribution in [0.2, 0.25) is 0 Å². The molecular weight excluding hydrogens is 222 g/mol. The van der Waals surface area contributed by atoms with E-state index in [1.54, 1.807) is 6.26 Å². The van der Waals surface area contributed by atoms with Gasteiger partial charge in [0.25, 0.3) is 0 Å². The molecule has 1 aliphatic carbocycles. The molecule has 1 aliphatic rings. The zero-order valence-corrected chi connectivity index (χ0v) is 10.8. The Kier molecular flexibility index (Phi) is 3.20. The largest absolute Gasteiger partial charge is 0.469 e. The van der Waals surface area contributed by atoms with Gasteiger partial charge in [0.05, 0.1) is 6.26 Å².